The van der Waals surface area contributed by atoms with Crippen molar-refractivity contribution in [2.45, 2.75) is 31.8 Å². The van der Waals surface area contributed by atoms with E-state index < -0.39 is 29.6 Å². The lowest BCUT2D eigenvalue weighted by molar-refractivity contribution is 0.246. The number of aryl methyl sites for hydroxylation is 1. The molecule has 1 fully saturated rings. The van der Waals surface area contributed by atoms with Gasteiger partial charge < -0.3 is 20.7 Å². The Morgan fingerprint density at radius 3 is 2.59 bits per heavy atom. The van der Waals surface area contributed by atoms with Crippen LogP contribution < -0.4 is 20.7 Å². The second-order valence-electron chi connectivity index (χ2n) is 6.62. The number of nitrogens with zero attached hydrogens (tertiary/aromatic N) is 1. The number of carbonyl (C=O) groups excluding carboxylic acids is 1. The molecule has 3 atom stereocenters. The van der Waals surface area contributed by atoms with Crippen molar-refractivity contribution in [3.8, 4) is 5.75 Å². The van der Waals surface area contributed by atoms with Gasteiger partial charge in [-0.15, -0.1) is 0 Å². The summed E-state index contributed by atoms with van der Waals surface area (Å²) in [4.78, 5) is 16.5. The number of rotatable bonds is 4. The van der Waals surface area contributed by atoms with E-state index in [1.54, 1.807) is 18.3 Å². The van der Waals surface area contributed by atoms with Crippen LogP contribution in [0.15, 0.2) is 30.5 Å². The summed E-state index contributed by atoms with van der Waals surface area (Å²) in [5, 5.41) is 8.67. The molecule has 2 aromatic rings. The van der Waals surface area contributed by atoms with Crippen LogP contribution in [0.4, 0.5) is 19.3 Å². The zero-order valence-electron chi connectivity index (χ0n) is 15.3. The molecule has 1 saturated heterocycles. The van der Waals surface area contributed by atoms with Crippen LogP contribution in [0.2, 0.25) is 0 Å². The number of hydrogen-bond acceptors (Lipinski definition) is 4. The summed E-state index contributed by atoms with van der Waals surface area (Å²) in [6.45, 7) is 4.05. The minimum atomic E-state index is -0.692. The summed E-state index contributed by atoms with van der Waals surface area (Å²) in [7, 11) is 1.35. The molecule has 3 N–H and O–H groups in total. The maximum absolute atomic E-state index is 14.5. The van der Waals surface area contributed by atoms with Gasteiger partial charge in [0.05, 0.1) is 25.0 Å². The van der Waals surface area contributed by atoms with Crippen molar-refractivity contribution in [3.63, 3.8) is 0 Å². The lowest BCUT2D eigenvalue weighted by Gasteiger charge is -2.24. The van der Waals surface area contributed by atoms with Crippen molar-refractivity contribution >= 4 is 11.7 Å². The summed E-state index contributed by atoms with van der Waals surface area (Å²) in [6.07, 6.45) is 1.55. The number of halogens is 2. The standard InChI is InChI=1S/C19H22F2N4O2/c1-10-4-5-12(8-22-10)24-19(26)25-18-11(2)23-9-14(18)17-15(20)6-13(27-3)7-16(17)21/h4-8,11,14,18,23H,9H2,1-3H3,(H2,24,25,26)/t11?,14-,18-/m0/s1. The molecular weight excluding hydrogens is 354 g/mol. The number of methoxy groups -OCH3 is 1. The molecule has 1 aliphatic heterocycles. The number of pyridine rings is 1. The fourth-order valence-corrected chi connectivity index (χ4v) is 3.32. The van der Waals surface area contributed by atoms with Gasteiger partial charge in [0.2, 0.25) is 0 Å². The van der Waals surface area contributed by atoms with Gasteiger partial charge in [0.1, 0.15) is 17.4 Å². The molecule has 0 bridgehead atoms. The molecular formula is C19H22F2N4O2. The Hall–Kier alpha value is -2.74. The molecule has 1 aliphatic rings. The average Bonchev–Trinajstić information content (AvgIpc) is 2.97. The minimum Gasteiger partial charge on any atom is -0.497 e. The molecule has 6 nitrogen and oxygen atoms in total. The first kappa shape index (κ1) is 19.0. The predicted octanol–water partition coefficient (Wildman–Crippen LogP) is 2.94. The molecule has 144 valence electrons. The van der Waals surface area contributed by atoms with Gasteiger partial charge in [0.25, 0.3) is 0 Å². The molecule has 0 radical (unpaired) electrons. The first-order valence-corrected chi connectivity index (χ1v) is 8.65. The van der Waals surface area contributed by atoms with Crippen LogP contribution in [-0.4, -0.2) is 36.8 Å². The third-order valence-electron chi connectivity index (χ3n) is 4.76. The monoisotopic (exact) mass is 376 g/mol. The van der Waals surface area contributed by atoms with Crippen molar-refractivity contribution in [1.82, 2.24) is 15.6 Å². The molecule has 1 aromatic carbocycles. The topological polar surface area (TPSA) is 75.3 Å². The third-order valence-corrected chi connectivity index (χ3v) is 4.76. The van der Waals surface area contributed by atoms with Gasteiger partial charge in [-0.3, -0.25) is 4.98 Å². The van der Waals surface area contributed by atoms with E-state index >= 15 is 0 Å². The number of aromatic nitrogens is 1. The summed E-state index contributed by atoms with van der Waals surface area (Å²) < 4.78 is 33.9. The number of hydrogen-bond donors (Lipinski definition) is 3. The molecule has 8 heteroatoms. The summed E-state index contributed by atoms with van der Waals surface area (Å²) >= 11 is 0. The van der Waals surface area contributed by atoms with E-state index in [1.165, 1.54) is 7.11 Å². The van der Waals surface area contributed by atoms with E-state index in [1.807, 2.05) is 13.8 Å². The van der Waals surface area contributed by atoms with E-state index in [-0.39, 0.29) is 17.4 Å². The van der Waals surface area contributed by atoms with Crippen molar-refractivity contribution in [1.29, 1.82) is 0 Å². The van der Waals surface area contributed by atoms with E-state index in [0.29, 0.717) is 12.2 Å². The Kier molecular flexibility index (Phi) is 5.55. The van der Waals surface area contributed by atoms with Crippen molar-refractivity contribution in [3.05, 3.63) is 53.4 Å². The highest BCUT2D eigenvalue weighted by Gasteiger charge is 2.38. The van der Waals surface area contributed by atoms with Crippen LogP contribution in [0.25, 0.3) is 0 Å². The minimum absolute atomic E-state index is 0.0602. The molecule has 2 heterocycles. The summed E-state index contributed by atoms with van der Waals surface area (Å²) in [6, 6.07) is 4.71. The van der Waals surface area contributed by atoms with Gasteiger partial charge >= 0.3 is 6.03 Å². The lowest BCUT2D eigenvalue weighted by atomic mass is 9.90. The van der Waals surface area contributed by atoms with Gasteiger partial charge in [-0.2, -0.15) is 0 Å². The van der Waals surface area contributed by atoms with E-state index in [0.717, 1.165) is 17.8 Å². The average molecular weight is 376 g/mol. The number of carbonyl (C=O) groups is 1. The van der Waals surface area contributed by atoms with E-state index in [9.17, 15) is 13.6 Å². The Bertz CT molecular complexity index is 806. The first-order chi connectivity index (χ1) is 12.9. The normalized spacial score (nSPS) is 21.7. The zero-order valence-corrected chi connectivity index (χ0v) is 15.3. The number of urea groups is 1. The number of nitrogens with one attached hydrogen (secondary N) is 3. The second kappa shape index (κ2) is 7.87. The largest absolute Gasteiger partial charge is 0.497 e. The highest BCUT2D eigenvalue weighted by Crippen LogP contribution is 2.32. The second-order valence-corrected chi connectivity index (χ2v) is 6.62. The van der Waals surface area contributed by atoms with Gasteiger partial charge in [0.15, 0.2) is 0 Å². The predicted molar refractivity (Wildman–Crippen MR) is 98.0 cm³/mol. The number of benzene rings is 1. The Morgan fingerprint density at radius 1 is 1.30 bits per heavy atom. The van der Waals surface area contributed by atoms with Crippen molar-refractivity contribution in [2.75, 3.05) is 19.0 Å². The van der Waals surface area contributed by atoms with E-state index in [4.69, 9.17) is 4.74 Å². The Morgan fingerprint density at radius 2 is 2.00 bits per heavy atom. The fraction of sp³-hybridized carbons (Fsp3) is 0.368. The lowest BCUT2D eigenvalue weighted by Crippen LogP contribution is -2.46. The van der Waals surface area contributed by atoms with Crippen LogP contribution in [0.1, 0.15) is 24.1 Å². The van der Waals surface area contributed by atoms with E-state index in [2.05, 4.69) is 20.9 Å². The molecule has 2 amide bonds. The molecule has 3 rings (SSSR count). The van der Waals surface area contributed by atoms with Crippen molar-refractivity contribution in [2.24, 2.45) is 0 Å². The molecule has 1 unspecified atom stereocenters. The molecule has 1 aromatic heterocycles. The van der Waals surface area contributed by atoms with Crippen molar-refractivity contribution < 1.29 is 18.3 Å². The molecule has 0 aliphatic carbocycles. The first-order valence-electron chi connectivity index (χ1n) is 8.65. The van der Waals surface area contributed by atoms with Gasteiger partial charge in [-0.25, -0.2) is 13.6 Å². The maximum atomic E-state index is 14.5. The number of amides is 2. The van der Waals surface area contributed by atoms with Crippen LogP contribution in [-0.2, 0) is 0 Å². The molecule has 0 saturated carbocycles. The SMILES string of the molecule is COc1cc(F)c([C@@H]2CNC(C)[C@@H]2NC(=O)Nc2ccc(C)nc2)c(F)c1. The van der Waals surface area contributed by atoms with Crippen LogP contribution in [0, 0.1) is 18.6 Å². The summed E-state index contributed by atoms with van der Waals surface area (Å²) in [5.74, 6) is -1.82. The fourth-order valence-electron chi connectivity index (χ4n) is 3.32. The molecule has 27 heavy (non-hydrogen) atoms. The van der Waals surface area contributed by atoms with Crippen LogP contribution in [0.5, 0.6) is 5.75 Å². The Labute approximate surface area is 156 Å². The highest BCUT2D eigenvalue weighted by atomic mass is 19.1. The smallest absolute Gasteiger partial charge is 0.319 e. The van der Waals surface area contributed by atoms with Gasteiger partial charge in [0, 0.05) is 41.9 Å². The zero-order chi connectivity index (χ0) is 19.6. The summed E-state index contributed by atoms with van der Waals surface area (Å²) in [5.41, 5.74) is 1.31. The highest BCUT2D eigenvalue weighted by molar-refractivity contribution is 5.89. The quantitative estimate of drug-likeness (QED) is 0.767. The number of anilines is 1. The van der Waals surface area contributed by atoms with Gasteiger partial charge in [-0.05, 0) is 26.0 Å². The third kappa shape index (κ3) is 4.16. The number of ether oxygens (including phenoxy) is 1. The Balaban J connectivity index is 1.77. The van der Waals surface area contributed by atoms with Crippen LogP contribution >= 0.6 is 0 Å². The molecule has 0 spiro atoms. The maximum Gasteiger partial charge on any atom is 0.319 e. The van der Waals surface area contributed by atoms with Crippen LogP contribution in [0.3, 0.4) is 0 Å². The van der Waals surface area contributed by atoms with Gasteiger partial charge in [-0.1, -0.05) is 0 Å².